The summed E-state index contributed by atoms with van der Waals surface area (Å²) in [4.78, 5) is 47.7. The molecule has 2 amide bonds. The lowest BCUT2D eigenvalue weighted by Crippen LogP contribution is -2.43. The zero-order valence-electron chi connectivity index (χ0n) is 17.3. The first-order valence-electron chi connectivity index (χ1n) is 9.65. The number of anilines is 1. The molecule has 30 heavy (non-hydrogen) atoms. The molecule has 0 saturated heterocycles. The lowest BCUT2D eigenvalue weighted by atomic mass is 9.95. The van der Waals surface area contributed by atoms with E-state index >= 15 is 0 Å². The molecule has 0 spiro atoms. The summed E-state index contributed by atoms with van der Waals surface area (Å²) in [6.07, 6.45) is 0.0920. The number of hydrogen-bond donors (Lipinski definition) is 3. The lowest BCUT2D eigenvalue weighted by Gasteiger charge is -2.19. The topological polar surface area (TPSA) is 113 Å². The van der Waals surface area contributed by atoms with Crippen molar-refractivity contribution in [2.45, 2.75) is 39.7 Å². The number of carbonyl (C=O) groups excluding carboxylic acids is 3. The summed E-state index contributed by atoms with van der Waals surface area (Å²) in [7, 11) is 0. The SMILES string of the molecule is CC(=O)Nc1ccc(C(=O)N[C@H](Cc2ccc(C)cc2)C(=O)C[C@H](C)C(=O)O)cc1. The van der Waals surface area contributed by atoms with E-state index in [2.05, 4.69) is 10.6 Å². The fourth-order valence-electron chi connectivity index (χ4n) is 2.89. The van der Waals surface area contributed by atoms with Gasteiger partial charge in [0.05, 0.1) is 12.0 Å². The van der Waals surface area contributed by atoms with Crippen molar-refractivity contribution in [3.8, 4) is 0 Å². The number of Topliss-reactive ketones (excluding diaryl/α,β-unsaturated/α-hetero) is 1. The van der Waals surface area contributed by atoms with E-state index in [4.69, 9.17) is 5.11 Å². The first-order chi connectivity index (χ1) is 14.2. The second kappa shape index (κ2) is 10.3. The lowest BCUT2D eigenvalue weighted by molar-refractivity contribution is -0.143. The average Bonchev–Trinajstić information content (AvgIpc) is 2.69. The maximum Gasteiger partial charge on any atom is 0.306 e. The first kappa shape index (κ1) is 22.8. The number of aliphatic carboxylic acids is 1. The smallest absolute Gasteiger partial charge is 0.306 e. The number of aryl methyl sites for hydroxylation is 1. The highest BCUT2D eigenvalue weighted by Crippen LogP contribution is 2.14. The van der Waals surface area contributed by atoms with E-state index < -0.39 is 23.8 Å². The minimum absolute atomic E-state index is 0.173. The van der Waals surface area contributed by atoms with Crippen molar-refractivity contribution >= 4 is 29.3 Å². The summed E-state index contributed by atoms with van der Waals surface area (Å²) >= 11 is 0. The molecule has 7 nitrogen and oxygen atoms in total. The van der Waals surface area contributed by atoms with Crippen molar-refractivity contribution in [1.29, 1.82) is 0 Å². The molecule has 2 atom stereocenters. The van der Waals surface area contributed by atoms with Crippen LogP contribution in [0.1, 0.15) is 41.8 Å². The van der Waals surface area contributed by atoms with Crippen LogP contribution < -0.4 is 10.6 Å². The van der Waals surface area contributed by atoms with E-state index in [1.165, 1.54) is 13.8 Å². The Kier molecular flexibility index (Phi) is 7.86. The molecule has 0 fully saturated rings. The quantitative estimate of drug-likeness (QED) is 0.588. The van der Waals surface area contributed by atoms with Gasteiger partial charge >= 0.3 is 5.97 Å². The molecule has 0 bridgehead atoms. The van der Waals surface area contributed by atoms with Crippen molar-refractivity contribution in [2.24, 2.45) is 5.92 Å². The Morgan fingerprint density at radius 2 is 1.57 bits per heavy atom. The van der Waals surface area contributed by atoms with Gasteiger partial charge in [0.2, 0.25) is 5.91 Å². The molecule has 0 aromatic heterocycles. The molecule has 0 aliphatic heterocycles. The number of ketones is 1. The molecule has 0 heterocycles. The molecule has 0 aliphatic rings. The number of nitrogens with one attached hydrogen (secondary N) is 2. The summed E-state index contributed by atoms with van der Waals surface area (Å²) in [5.41, 5.74) is 2.83. The number of hydrogen-bond acceptors (Lipinski definition) is 4. The zero-order chi connectivity index (χ0) is 22.3. The van der Waals surface area contributed by atoms with Gasteiger partial charge in [-0.05, 0) is 43.2 Å². The standard InChI is InChI=1S/C23H26N2O5/c1-14-4-6-17(7-5-14)13-20(21(27)12-15(2)23(29)30)25-22(28)18-8-10-19(11-9-18)24-16(3)26/h4-11,15,20H,12-13H2,1-3H3,(H,24,26)(H,25,28)(H,29,30)/t15-,20+/m0/s1. The van der Waals surface area contributed by atoms with Gasteiger partial charge in [-0.15, -0.1) is 0 Å². The van der Waals surface area contributed by atoms with Crippen molar-refractivity contribution in [2.75, 3.05) is 5.32 Å². The van der Waals surface area contributed by atoms with Gasteiger partial charge < -0.3 is 15.7 Å². The van der Waals surface area contributed by atoms with Crippen LogP contribution in [0.15, 0.2) is 48.5 Å². The van der Waals surface area contributed by atoms with Gasteiger partial charge in [0.1, 0.15) is 0 Å². The Bertz CT molecular complexity index is 920. The third kappa shape index (κ3) is 6.84. The van der Waals surface area contributed by atoms with E-state index in [1.807, 2.05) is 31.2 Å². The van der Waals surface area contributed by atoms with Gasteiger partial charge in [-0.25, -0.2) is 0 Å². The second-order valence-electron chi connectivity index (χ2n) is 7.38. The number of carboxylic acids is 1. The van der Waals surface area contributed by atoms with Crippen molar-refractivity contribution in [1.82, 2.24) is 5.32 Å². The average molecular weight is 410 g/mol. The highest BCUT2D eigenvalue weighted by atomic mass is 16.4. The maximum atomic E-state index is 12.7. The third-order valence-electron chi connectivity index (χ3n) is 4.65. The highest BCUT2D eigenvalue weighted by Gasteiger charge is 2.25. The van der Waals surface area contributed by atoms with Gasteiger partial charge in [0.15, 0.2) is 5.78 Å². The molecular weight excluding hydrogens is 384 g/mol. The molecule has 158 valence electrons. The fourth-order valence-corrected chi connectivity index (χ4v) is 2.89. The van der Waals surface area contributed by atoms with Crippen molar-refractivity contribution in [3.05, 3.63) is 65.2 Å². The van der Waals surface area contributed by atoms with Crippen LogP contribution in [0.2, 0.25) is 0 Å². The van der Waals surface area contributed by atoms with Crippen molar-refractivity contribution in [3.63, 3.8) is 0 Å². The summed E-state index contributed by atoms with van der Waals surface area (Å²) < 4.78 is 0. The summed E-state index contributed by atoms with van der Waals surface area (Å²) in [6.45, 7) is 4.80. The predicted octanol–water partition coefficient (Wildman–Crippen LogP) is 2.97. The van der Waals surface area contributed by atoms with Gasteiger partial charge in [0, 0.05) is 24.6 Å². The van der Waals surface area contributed by atoms with Gasteiger partial charge in [-0.3, -0.25) is 19.2 Å². The molecule has 0 radical (unpaired) electrons. The van der Waals surface area contributed by atoms with Crippen molar-refractivity contribution < 1.29 is 24.3 Å². The molecular formula is C23H26N2O5. The number of carboxylic acid groups (broad SMARTS) is 1. The highest BCUT2D eigenvalue weighted by molar-refractivity contribution is 5.99. The maximum absolute atomic E-state index is 12.7. The predicted molar refractivity (Wildman–Crippen MR) is 113 cm³/mol. The van der Waals surface area contributed by atoms with Gasteiger partial charge in [-0.1, -0.05) is 36.8 Å². The minimum atomic E-state index is -1.06. The zero-order valence-corrected chi connectivity index (χ0v) is 17.3. The Morgan fingerprint density at radius 1 is 0.967 bits per heavy atom. The monoisotopic (exact) mass is 410 g/mol. The number of carbonyl (C=O) groups is 4. The molecule has 2 rings (SSSR count). The van der Waals surface area contributed by atoms with E-state index in [-0.39, 0.29) is 24.5 Å². The van der Waals surface area contributed by atoms with E-state index in [0.29, 0.717) is 11.3 Å². The largest absolute Gasteiger partial charge is 0.481 e. The molecule has 7 heteroatoms. The van der Waals surface area contributed by atoms with Crippen LogP contribution in [0.5, 0.6) is 0 Å². The summed E-state index contributed by atoms with van der Waals surface area (Å²) in [5, 5.41) is 14.5. The molecule has 0 aliphatic carbocycles. The Labute approximate surface area is 175 Å². The minimum Gasteiger partial charge on any atom is -0.481 e. The Hall–Kier alpha value is -3.48. The van der Waals surface area contributed by atoms with E-state index in [1.54, 1.807) is 24.3 Å². The number of amides is 2. The molecule has 2 aromatic carbocycles. The summed E-state index contributed by atoms with van der Waals surface area (Å²) in [6, 6.07) is 13.0. The Morgan fingerprint density at radius 3 is 2.10 bits per heavy atom. The fraction of sp³-hybridized carbons (Fsp3) is 0.304. The molecule has 2 aromatic rings. The van der Waals surface area contributed by atoms with Crippen LogP contribution in [0.4, 0.5) is 5.69 Å². The van der Waals surface area contributed by atoms with Crippen LogP contribution in [-0.2, 0) is 20.8 Å². The second-order valence-corrected chi connectivity index (χ2v) is 7.38. The van der Waals surface area contributed by atoms with Crippen LogP contribution in [0, 0.1) is 12.8 Å². The van der Waals surface area contributed by atoms with Crippen LogP contribution >= 0.6 is 0 Å². The van der Waals surface area contributed by atoms with E-state index in [9.17, 15) is 19.2 Å². The van der Waals surface area contributed by atoms with E-state index in [0.717, 1.165) is 11.1 Å². The Balaban J connectivity index is 2.16. The molecule has 3 N–H and O–H groups in total. The number of benzene rings is 2. The summed E-state index contributed by atoms with van der Waals surface area (Å²) in [5.74, 6) is -2.90. The molecule has 0 unspecified atom stereocenters. The number of rotatable bonds is 9. The van der Waals surface area contributed by atoms with Gasteiger partial charge in [0.25, 0.3) is 5.91 Å². The third-order valence-corrected chi connectivity index (χ3v) is 4.65. The van der Waals surface area contributed by atoms with Crippen LogP contribution in [0.25, 0.3) is 0 Å². The normalized spacial score (nSPS) is 12.5. The van der Waals surface area contributed by atoms with Crippen LogP contribution in [0.3, 0.4) is 0 Å². The first-order valence-corrected chi connectivity index (χ1v) is 9.65. The van der Waals surface area contributed by atoms with Gasteiger partial charge in [-0.2, -0.15) is 0 Å². The van der Waals surface area contributed by atoms with Crippen LogP contribution in [-0.4, -0.2) is 34.7 Å². The molecule has 0 saturated carbocycles.